The summed E-state index contributed by atoms with van der Waals surface area (Å²) in [4.78, 5) is 20.6. The van der Waals surface area contributed by atoms with Gasteiger partial charge in [0.05, 0.1) is 12.7 Å². The van der Waals surface area contributed by atoms with E-state index < -0.39 is 18.1 Å². The van der Waals surface area contributed by atoms with E-state index in [9.17, 15) is 14.7 Å². The summed E-state index contributed by atoms with van der Waals surface area (Å²) in [6.45, 7) is 0.214. The minimum atomic E-state index is -1.09. The van der Waals surface area contributed by atoms with Crippen molar-refractivity contribution in [3.8, 4) is 0 Å². The molecule has 0 heterocycles. The summed E-state index contributed by atoms with van der Waals surface area (Å²) in [7, 11) is 1.47. The van der Waals surface area contributed by atoms with Crippen molar-refractivity contribution in [1.29, 1.82) is 0 Å². The van der Waals surface area contributed by atoms with Crippen molar-refractivity contribution in [3.63, 3.8) is 0 Å². The first-order valence-corrected chi connectivity index (χ1v) is 5.44. The molecular formula is C8H15NO5S. The third-order valence-electron chi connectivity index (χ3n) is 1.52. The van der Waals surface area contributed by atoms with Gasteiger partial charge in [-0.15, -0.1) is 0 Å². The molecule has 88 valence electrons. The first kappa shape index (κ1) is 14.2. The summed E-state index contributed by atoms with van der Waals surface area (Å²) in [6, 6.07) is -0.915. The Morgan fingerprint density at radius 3 is 2.73 bits per heavy atom. The highest BCUT2D eigenvalue weighted by atomic mass is 32.2. The second-order valence-corrected chi connectivity index (χ2v) is 3.90. The molecule has 0 radical (unpaired) electrons. The van der Waals surface area contributed by atoms with Crippen LogP contribution in [-0.4, -0.2) is 60.0 Å². The number of methoxy groups -OCH3 is 1. The summed E-state index contributed by atoms with van der Waals surface area (Å²) in [5, 5.41) is 20.1. The predicted octanol–water partition coefficient (Wildman–Crippen LogP) is -1.07. The summed E-state index contributed by atoms with van der Waals surface area (Å²) >= 11 is 1.25. The SMILES string of the molecule is COCC(O)CSCC(NC=O)C(=O)O. The molecule has 1 amide bonds. The highest BCUT2D eigenvalue weighted by Gasteiger charge is 2.16. The topological polar surface area (TPSA) is 95.9 Å². The van der Waals surface area contributed by atoms with Crippen LogP contribution in [0.2, 0.25) is 0 Å². The molecule has 0 aromatic heterocycles. The van der Waals surface area contributed by atoms with Crippen molar-refractivity contribution < 1.29 is 24.5 Å². The van der Waals surface area contributed by atoms with E-state index in [2.05, 4.69) is 5.32 Å². The zero-order chi connectivity index (χ0) is 11.7. The number of thioether (sulfide) groups is 1. The van der Waals surface area contributed by atoms with Gasteiger partial charge >= 0.3 is 5.97 Å². The van der Waals surface area contributed by atoms with Gasteiger partial charge in [-0.1, -0.05) is 0 Å². The monoisotopic (exact) mass is 237 g/mol. The summed E-state index contributed by atoms with van der Waals surface area (Å²) in [6.07, 6.45) is -0.268. The van der Waals surface area contributed by atoms with Crippen LogP contribution in [-0.2, 0) is 14.3 Å². The van der Waals surface area contributed by atoms with Gasteiger partial charge in [-0.05, 0) is 0 Å². The smallest absolute Gasteiger partial charge is 0.327 e. The lowest BCUT2D eigenvalue weighted by Crippen LogP contribution is -2.38. The second kappa shape index (κ2) is 8.51. The van der Waals surface area contributed by atoms with Gasteiger partial charge in [0, 0.05) is 18.6 Å². The molecule has 0 aromatic carbocycles. The molecule has 0 saturated heterocycles. The third-order valence-corrected chi connectivity index (χ3v) is 2.71. The minimum Gasteiger partial charge on any atom is -0.480 e. The first-order chi connectivity index (χ1) is 7.11. The van der Waals surface area contributed by atoms with E-state index in [4.69, 9.17) is 9.84 Å². The number of amides is 1. The first-order valence-electron chi connectivity index (χ1n) is 4.29. The van der Waals surface area contributed by atoms with Crippen LogP contribution in [0.15, 0.2) is 0 Å². The zero-order valence-electron chi connectivity index (χ0n) is 8.38. The average Bonchev–Trinajstić information content (AvgIpc) is 2.16. The number of hydrogen-bond donors (Lipinski definition) is 3. The van der Waals surface area contributed by atoms with Gasteiger partial charge in [0.2, 0.25) is 6.41 Å². The van der Waals surface area contributed by atoms with E-state index in [1.54, 1.807) is 0 Å². The van der Waals surface area contributed by atoms with E-state index in [1.165, 1.54) is 18.9 Å². The van der Waals surface area contributed by atoms with Crippen LogP contribution in [0.4, 0.5) is 0 Å². The lowest BCUT2D eigenvalue weighted by molar-refractivity contribution is -0.139. The van der Waals surface area contributed by atoms with Crippen LogP contribution in [0, 0.1) is 0 Å². The van der Waals surface area contributed by atoms with Gasteiger partial charge in [0.15, 0.2) is 0 Å². The van der Waals surface area contributed by atoms with Crippen LogP contribution in [0.25, 0.3) is 0 Å². The molecule has 0 aliphatic rings. The summed E-state index contributed by atoms with van der Waals surface area (Å²) in [5.41, 5.74) is 0. The van der Waals surface area contributed by atoms with Crippen LogP contribution < -0.4 is 5.32 Å². The fraction of sp³-hybridized carbons (Fsp3) is 0.750. The second-order valence-electron chi connectivity index (χ2n) is 2.82. The molecule has 2 unspecified atom stereocenters. The number of carboxylic acid groups (broad SMARTS) is 1. The van der Waals surface area contributed by atoms with Gasteiger partial charge in [-0.25, -0.2) is 4.79 Å². The van der Waals surface area contributed by atoms with E-state index in [0.717, 1.165) is 0 Å². The predicted molar refractivity (Wildman–Crippen MR) is 55.8 cm³/mol. The zero-order valence-corrected chi connectivity index (χ0v) is 9.20. The molecule has 7 heteroatoms. The molecule has 2 atom stereocenters. The molecule has 0 saturated carbocycles. The Hall–Kier alpha value is -0.790. The molecule has 0 aliphatic heterocycles. The normalized spacial score (nSPS) is 14.3. The summed E-state index contributed by atoms with van der Waals surface area (Å²) in [5.74, 6) is -0.497. The average molecular weight is 237 g/mol. The molecule has 6 nitrogen and oxygen atoms in total. The maximum absolute atomic E-state index is 10.6. The lowest BCUT2D eigenvalue weighted by atomic mass is 10.3. The fourth-order valence-electron chi connectivity index (χ4n) is 0.835. The highest BCUT2D eigenvalue weighted by molar-refractivity contribution is 7.99. The van der Waals surface area contributed by atoms with E-state index in [-0.39, 0.29) is 12.4 Å². The number of ether oxygens (including phenoxy) is 1. The maximum Gasteiger partial charge on any atom is 0.327 e. The highest BCUT2D eigenvalue weighted by Crippen LogP contribution is 2.05. The summed E-state index contributed by atoms with van der Waals surface area (Å²) < 4.78 is 4.70. The van der Waals surface area contributed by atoms with Crippen molar-refractivity contribution in [1.82, 2.24) is 5.32 Å². The van der Waals surface area contributed by atoms with E-state index >= 15 is 0 Å². The number of hydrogen-bond acceptors (Lipinski definition) is 5. The molecule has 0 fully saturated rings. The van der Waals surface area contributed by atoms with Crippen molar-refractivity contribution in [2.75, 3.05) is 25.2 Å². The number of carboxylic acids is 1. The van der Waals surface area contributed by atoms with Crippen molar-refractivity contribution in [3.05, 3.63) is 0 Å². The molecule has 0 rings (SSSR count). The quantitative estimate of drug-likeness (QED) is 0.442. The molecule has 0 aliphatic carbocycles. The van der Waals surface area contributed by atoms with Crippen molar-refractivity contribution >= 4 is 24.1 Å². The Bertz CT molecular complexity index is 201. The number of rotatable bonds is 9. The Kier molecular flexibility index (Phi) is 8.06. The van der Waals surface area contributed by atoms with Gasteiger partial charge in [0.1, 0.15) is 6.04 Å². The Morgan fingerprint density at radius 2 is 2.27 bits per heavy atom. The van der Waals surface area contributed by atoms with Gasteiger partial charge in [0.25, 0.3) is 0 Å². The molecule has 15 heavy (non-hydrogen) atoms. The molecule has 0 spiro atoms. The number of nitrogens with one attached hydrogen (secondary N) is 1. The van der Waals surface area contributed by atoms with Crippen LogP contribution in [0.5, 0.6) is 0 Å². The van der Waals surface area contributed by atoms with Gasteiger partial charge in [-0.2, -0.15) is 11.8 Å². The Labute approximate surface area is 92.0 Å². The largest absolute Gasteiger partial charge is 0.480 e. The van der Waals surface area contributed by atoms with Gasteiger partial charge < -0.3 is 20.3 Å². The van der Waals surface area contributed by atoms with E-state index in [0.29, 0.717) is 12.2 Å². The van der Waals surface area contributed by atoms with Crippen molar-refractivity contribution in [2.24, 2.45) is 0 Å². The molecular weight excluding hydrogens is 222 g/mol. The number of aliphatic hydroxyl groups is 1. The number of carbonyl (C=O) groups excluding carboxylic acids is 1. The molecule has 0 bridgehead atoms. The fourth-order valence-corrected chi connectivity index (χ4v) is 1.81. The third kappa shape index (κ3) is 7.18. The number of aliphatic hydroxyl groups excluding tert-OH is 1. The van der Waals surface area contributed by atoms with Crippen LogP contribution in [0.3, 0.4) is 0 Å². The standard InChI is InChI=1S/C8H15NO5S/c1-14-2-6(11)3-15-4-7(8(12)13)9-5-10/h5-7,11H,2-4H2,1H3,(H,9,10)(H,12,13). The lowest BCUT2D eigenvalue weighted by Gasteiger charge is -2.12. The Balaban J connectivity index is 3.70. The van der Waals surface area contributed by atoms with Gasteiger partial charge in [-0.3, -0.25) is 4.79 Å². The molecule has 3 N–H and O–H groups in total. The van der Waals surface area contributed by atoms with Crippen LogP contribution in [0.1, 0.15) is 0 Å². The maximum atomic E-state index is 10.6. The molecule has 0 aromatic rings. The minimum absolute atomic E-state index is 0.214. The van der Waals surface area contributed by atoms with Crippen LogP contribution >= 0.6 is 11.8 Å². The number of carbonyl (C=O) groups is 2. The van der Waals surface area contributed by atoms with Crippen molar-refractivity contribution in [2.45, 2.75) is 12.1 Å². The Morgan fingerprint density at radius 1 is 1.60 bits per heavy atom. The number of aliphatic carboxylic acids is 1. The van der Waals surface area contributed by atoms with E-state index in [1.807, 2.05) is 0 Å².